The number of nitrogens with zero attached hydrogens (tertiary/aromatic N) is 2. The third kappa shape index (κ3) is 3.78. The van der Waals surface area contributed by atoms with Gasteiger partial charge in [-0.1, -0.05) is 0 Å². The van der Waals surface area contributed by atoms with E-state index in [1.54, 1.807) is 15.7 Å². The molecule has 0 saturated carbocycles. The summed E-state index contributed by atoms with van der Waals surface area (Å²) in [4.78, 5) is 38.5. The van der Waals surface area contributed by atoms with Gasteiger partial charge in [0.05, 0.1) is 0 Å². The first-order chi connectivity index (χ1) is 12.4. The monoisotopic (exact) mass is 375 g/mol. The molecule has 1 fully saturated rings. The number of carbonyl (C=O) groups excluding carboxylic acids is 1. The first-order valence-corrected chi connectivity index (χ1v) is 9.45. The minimum Gasteiger partial charge on any atom is -0.477 e. The van der Waals surface area contributed by atoms with Gasteiger partial charge >= 0.3 is 5.97 Å². The van der Waals surface area contributed by atoms with E-state index in [1.165, 1.54) is 6.92 Å². The lowest BCUT2D eigenvalue weighted by Crippen LogP contribution is -2.58. The van der Waals surface area contributed by atoms with Gasteiger partial charge in [0.2, 0.25) is 5.91 Å². The molecule has 1 aromatic heterocycles. The van der Waals surface area contributed by atoms with Crippen molar-refractivity contribution in [1.82, 2.24) is 14.8 Å². The summed E-state index contributed by atoms with van der Waals surface area (Å²) in [6.45, 7) is 10.7. The van der Waals surface area contributed by atoms with Crippen LogP contribution in [0.2, 0.25) is 0 Å². The molecule has 0 bridgehead atoms. The number of amides is 1. The molecule has 1 amide bonds. The van der Waals surface area contributed by atoms with Crippen molar-refractivity contribution >= 4 is 11.9 Å². The second-order valence-electron chi connectivity index (χ2n) is 9.17. The zero-order valence-corrected chi connectivity index (χ0v) is 16.8. The lowest BCUT2D eigenvalue weighted by Gasteiger charge is -2.47. The Kier molecular flexibility index (Phi) is 4.70. The van der Waals surface area contributed by atoms with E-state index in [0.717, 1.165) is 18.4 Å². The molecule has 148 valence electrons. The summed E-state index contributed by atoms with van der Waals surface area (Å²) in [6, 6.07) is -0.0974. The van der Waals surface area contributed by atoms with Crippen LogP contribution < -0.4 is 10.9 Å². The van der Waals surface area contributed by atoms with Gasteiger partial charge in [-0.25, -0.2) is 4.79 Å². The number of carboxylic acids is 1. The number of rotatable bonds is 2. The Morgan fingerprint density at radius 1 is 1.19 bits per heavy atom. The van der Waals surface area contributed by atoms with Crippen LogP contribution in [-0.4, -0.2) is 44.1 Å². The number of carbonyl (C=O) groups is 2. The number of piperidine rings is 1. The average Bonchev–Trinajstić information content (AvgIpc) is 2.50. The molecule has 7 nitrogen and oxygen atoms in total. The molecular weight excluding hydrogens is 346 g/mol. The summed E-state index contributed by atoms with van der Waals surface area (Å²) in [5.41, 5.74) is 0.435. The van der Waals surface area contributed by atoms with Crippen molar-refractivity contribution < 1.29 is 14.7 Å². The highest BCUT2D eigenvalue weighted by atomic mass is 16.4. The van der Waals surface area contributed by atoms with Crippen LogP contribution in [0, 0.1) is 0 Å². The number of hydrogen-bond acceptors (Lipinski definition) is 4. The summed E-state index contributed by atoms with van der Waals surface area (Å²) < 4.78 is 1.61. The van der Waals surface area contributed by atoms with Crippen LogP contribution in [0.15, 0.2) is 11.0 Å². The van der Waals surface area contributed by atoms with E-state index in [4.69, 9.17) is 0 Å². The number of aromatic nitrogens is 1. The maximum Gasteiger partial charge on any atom is 0.341 e. The topological polar surface area (TPSA) is 91.6 Å². The normalized spacial score (nSPS) is 21.6. The molecule has 0 atom stereocenters. The highest BCUT2D eigenvalue weighted by molar-refractivity contribution is 5.89. The van der Waals surface area contributed by atoms with Crippen LogP contribution in [0.25, 0.3) is 0 Å². The Hall–Kier alpha value is -2.15. The SMILES string of the molecule is CC(=O)N1CCc2c(cn(C3CC(C)(C)NC(C)(C)C3)c(=O)c2C(=O)O)C1. The van der Waals surface area contributed by atoms with Crippen molar-refractivity contribution in [2.45, 2.75) is 77.5 Å². The molecule has 1 saturated heterocycles. The predicted molar refractivity (Wildman–Crippen MR) is 102 cm³/mol. The third-order valence-corrected chi connectivity index (χ3v) is 5.65. The molecule has 2 aliphatic rings. The molecule has 7 heteroatoms. The van der Waals surface area contributed by atoms with E-state index >= 15 is 0 Å². The smallest absolute Gasteiger partial charge is 0.341 e. The molecular formula is C20H29N3O4. The lowest BCUT2D eigenvalue weighted by atomic mass is 9.79. The molecule has 3 heterocycles. The van der Waals surface area contributed by atoms with Crippen LogP contribution >= 0.6 is 0 Å². The minimum atomic E-state index is -1.19. The highest BCUT2D eigenvalue weighted by Gasteiger charge is 2.39. The minimum absolute atomic E-state index is 0.0422. The number of fused-ring (bicyclic) bond motifs is 1. The molecule has 0 unspecified atom stereocenters. The molecule has 1 aromatic rings. The highest BCUT2D eigenvalue weighted by Crippen LogP contribution is 2.36. The predicted octanol–water partition coefficient (Wildman–Crippen LogP) is 1.93. The van der Waals surface area contributed by atoms with E-state index in [1.807, 2.05) is 0 Å². The maximum atomic E-state index is 13.1. The second-order valence-corrected chi connectivity index (χ2v) is 9.17. The van der Waals surface area contributed by atoms with Crippen LogP contribution in [0.4, 0.5) is 0 Å². The lowest BCUT2D eigenvalue weighted by molar-refractivity contribution is -0.129. The van der Waals surface area contributed by atoms with Crippen LogP contribution in [-0.2, 0) is 17.8 Å². The van der Waals surface area contributed by atoms with Crippen LogP contribution in [0.5, 0.6) is 0 Å². The number of hydrogen-bond donors (Lipinski definition) is 2. The number of pyridine rings is 1. The Balaban J connectivity index is 2.13. The van der Waals surface area contributed by atoms with Gasteiger partial charge in [0.15, 0.2) is 0 Å². The largest absolute Gasteiger partial charge is 0.477 e. The Labute approximate surface area is 159 Å². The van der Waals surface area contributed by atoms with Gasteiger partial charge in [-0.15, -0.1) is 0 Å². The van der Waals surface area contributed by atoms with E-state index in [-0.39, 0.29) is 28.6 Å². The Bertz CT molecular complexity index is 838. The van der Waals surface area contributed by atoms with Crippen molar-refractivity contribution in [1.29, 1.82) is 0 Å². The summed E-state index contributed by atoms with van der Waals surface area (Å²) in [5, 5.41) is 13.3. The first-order valence-electron chi connectivity index (χ1n) is 9.45. The summed E-state index contributed by atoms with van der Waals surface area (Å²) in [5.74, 6) is -1.23. The van der Waals surface area contributed by atoms with E-state index < -0.39 is 11.5 Å². The van der Waals surface area contributed by atoms with Crippen molar-refractivity contribution in [3.05, 3.63) is 33.2 Å². The quantitative estimate of drug-likeness (QED) is 0.824. The van der Waals surface area contributed by atoms with E-state index in [0.29, 0.717) is 25.1 Å². The zero-order valence-electron chi connectivity index (χ0n) is 16.8. The van der Waals surface area contributed by atoms with Crippen LogP contribution in [0.3, 0.4) is 0 Å². The fourth-order valence-electron chi connectivity index (χ4n) is 4.90. The van der Waals surface area contributed by atoms with Gasteiger partial charge in [-0.2, -0.15) is 0 Å². The molecule has 0 aromatic carbocycles. The van der Waals surface area contributed by atoms with Crippen molar-refractivity contribution in [3.8, 4) is 0 Å². The van der Waals surface area contributed by atoms with Gasteiger partial charge in [-0.05, 0) is 58.1 Å². The summed E-state index contributed by atoms with van der Waals surface area (Å²) >= 11 is 0. The van der Waals surface area contributed by atoms with Gasteiger partial charge in [0, 0.05) is 43.3 Å². The molecule has 0 spiro atoms. The van der Waals surface area contributed by atoms with Gasteiger partial charge in [0.1, 0.15) is 5.56 Å². The van der Waals surface area contributed by atoms with Crippen LogP contribution in [0.1, 0.15) is 75.0 Å². The molecule has 0 radical (unpaired) electrons. The van der Waals surface area contributed by atoms with Crippen molar-refractivity contribution in [2.24, 2.45) is 0 Å². The number of nitrogens with one attached hydrogen (secondary N) is 1. The number of aromatic carboxylic acids is 1. The van der Waals surface area contributed by atoms with Gasteiger partial charge < -0.3 is 19.9 Å². The number of carboxylic acid groups (broad SMARTS) is 1. The van der Waals surface area contributed by atoms with Crippen molar-refractivity contribution in [2.75, 3.05) is 6.54 Å². The second kappa shape index (κ2) is 6.48. The molecule has 27 heavy (non-hydrogen) atoms. The summed E-state index contributed by atoms with van der Waals surface area (Å²) in [7, 11) is 0. The fraction of sp³-hybridized carbons (Fsp3) is 0.650. The average molecular weight is 375 g/mol. The molecule has 0 aliphatic carbocycles. The standard InChI is InChI=1S/C20H29N3O4/c1-12(24)22-7-6-15-13(10-22)11-23(17(25)16(15)18(26)27)14-8-19(2,3)21-20(4,5)9-14/h11,14,21H,6-10H2,1-5H3,(H,26,27). The Morgan fingerprint density at radius 3 is 2.30 bits per heavy atom. The fourth-order valence-corrected chi connectivity index (χ4v) is 4.90. The zero-order chi connectivity index (χ0) is 20.1. The first kappa shape index (κ1) is 19.6. The van der Waals surface area contributed by atoms with Crippen molar-refractivity contribution in [3.63, 3.8) is 0 Å². The molecule has 2 aliphatic heterocycles. The third-order valence-electron chi connectivity index (χ3n) is 5.65. The van der Waals surface area contributed by atoms with E-state index in [9.17, 15) is 19.5 Å². The Morgan fingerprint density at radius 2 is 1.78 bits per heavy atom. The molecule has 2 N–H and O–H groups in total. The van der Waals surface area contributed by atoms with Gasteiger partial charge in [0.25, 0.3) is 5.56 Å². The molecule has 3 rings (SSSR count). The maximum absolute atomic E-state index is 13.1. The van der Waals surface area contributed by atoms with E-state index in [2.05, 4.69) is 33.0 Å². The summed E-state index contributed by atoms with van der Waals surface area (Å²) in [6.07, 6.45) is 3.65. The van der Waals surface area contributed by atoms with Gasteiger partial charge in [-0.3, -0.25) is 9.59 Å².